The van der Waals surface area contributed by atoms with E-state index >= 15 is 0 Å². The minimum absolute atomic E-state index is 0.310. The van der Waals surface area contributed by atoms with Crippen LogP contribution >= 0.6 is 0 Å². The highest BCUT2D eigenvalue weighted by Crippen LogP contribution is 2.30. The van der Waals surface area contributed by atoms with E-state index in [1.165, 1.54) is 5.69 Å². The number of likely N-dealkylation sites (N-methyl/N-ethyl adjacent to an activating group) is 1. The molecule has 0 aliphatic carbocycles. The van der Waals surface area contributed by atoms with Gasteiger partial charge in [-0.05, 0) is 24.7 Å². The molecule has 0 radical (unpaired) electrons. The van der Waals surface area contributed by atoms with Gasteiger partial charge in [-0.1, -0.05) is 30.3 Å². The van der Waals surface area contributed by atoms with Gasteiger partial charge in [0.1, 0.15) is 0 Å². The number of anilines is 2. The minimum Gasteiger partial charge on any atom is -0.369 e. The number of para-hydroxylation sites is 1. The summed E-state index contributed by atoms with van der Waals surface area (Å²) < 4.78 is 0. The molecule has 0 saturated carbocycles. The third-order valence-electron chi connectivity index (χ3n) is 4.66. The van der Waals surface area contributed by atoms with Crippen molar-refractivity contribution in [1.29, 1.82) is 0 Å². The van der Waals surface area contributed by atoms with Crippen LogP contribution in [0.1, 0.15) is 0 Å². The predicted octanol–water partition coefficient (Wildman–Crippen LogP) is 2.63. The Morgan fingerprint density at radius 1 is 1.00 bits per heavy atom. The van der Waals surface area contributed by atoms with E-state index in [0.29, 0.717) is 5.95 Å². The quantitative estimate of drug-likeness (QED) is 0.787. The molecule has 5 nitrogen and oxygen atoms in total. The lowest BCUT2D eigenvalue weighted by molar-refractivity contribution is 0.313. The maximum Gasteiger partial charge on any atom is 0.220 e. The van der Waals surface area contributed by atoms with Crippen LogP contribution in [0.2, 0.25) is 0 Å². The molecule has 122 valence electrons. The fraction of sp³-hybridized carbons (Fsp3) is 0.263. The summed E-state index contributed by atoms with van der Waals surface area (Å²) in [5.41, 5.74) is 10.2. The van der Waals surface area contributed by atoms with Gasteiger partial charge in [-0.3, -0.25) is 0 Å². The van der Waals surface area contributed by atoms with Crippen molar-refractivity contribution in [3.05, 3.63) is 48.7 Å². The van der Waals surface area contributed by atoms with E-state index in [2.05, 4.69) is 57.1 Å². The number of benzene rings is 2. The SMILES string of the molecule is CN1CCN(c2cccc(-c3cccc4cnc(N)nc34)c2)CC1. The Kier molecular flexibility index (Phi) is 3.78. The molecule has 0 spiro atoms. The van der Waals surface area contributed by atoms with Crippen LogP contribution in [0.25, 0.3) is 22.0 Å². The molecule has 0 amide bonds. The first-order chi connectivity index (χ1) is 11.7. The molecule has 1 fully saturated rings. The third kappa shape index (κ3) is 2.78. The van der Waals surface area contributed by atoms with Gasteiger partial charge in [-0.15, -0.1) is 0 Å². The second-order valence-electron chi connectivity index (χ2n) is 6.31. The molecule has 2 heterocycles. The topological polar surface area (TPSA) is 58.3 Å². The highest BCUT2D eigenvalue weighted by atomic mass is 15.2. The highest BCUT2D eigenvalue weighted by molar-refractivity contribution is 5.94. The van der Waals surface area contributed by atoms with Crippen LogP contribution in [0.15, 0.2) is 48.7 Å². The van der Waals surface area contributed by atoms with Gasteiger partial charge in [0.25, 0.3) is 0 Å². The Labute approximate surface area is 141 Å². The average Bonchev–Trinajstić information content (AvgIpc) is 2.62. The first-order valence-electron chi connectivity index (χ1n) is 8.26. The fourth-order valence-corrected chi connectivity index (χ4v) is 3.24. The van der Waals surface area contributed by atoms with Crippen molar-refractivity contribution in [3.8, 4) is 11.1 Å². The molecule has 1 aliphatic heterocycles. The summed E-state index contributed by atoms with van der Waals surface area (Å²) in [7, 11) is 2.17. The van der Waals surface area contributed by atoms with Crippen molar-refractivity contribution in [2.24, 2.45) is 0 Å². The lowest BCUT2D eigenvalue weighted by Gasteiger charge is -2.34. The smallest absolute Gasteiger partial charge is 0.220 e. The van der Waals surface area contributed by atoms with Crippen molar-refractivity contribution < 1.29 is 0 Å². The first kappa shape index (κ1) is 14.9. The van der Waals surface area contributed by atoms with Gasteiger partial charge in [0.2, 0.25) is 5.95 Å². The molecular formula is C19H21N5. The van der Waals surface area contributed by atoms with Crippen LogP contribution in [0.4, 0.5) is 11.6 Å². The standard InChI is InChI=1S/C19H21N5/c1-23-8-10-24(11-9-23)16-6-2-4-14(12-16)17-7-3-5-15-13-21-19(20)22-18(15)17/h2-7,12-13H,8-11H2,1H3,(H2,20,21,22). The Balaban J connectivity index is 1.75. The number of piperazine rings is 1. The van der Waals surface area contributed by atoms with Gasteiger partial charge in [-0.2, -0.15) is 0 Å². The first-order valence-corrected chi connectivity index (χ1v) is 8.26. The summed E-state index contributed by atoms with van der Waals surface area (Å²) in [6, 6.07) is 14.8. The van der Waals surface area contributed by atoms with Crippen molar-refractivity contribution in [2.75, 3.05) is 43.9 Å². The van der Waals surface area contributed by atoms with E-state index in [1.54, 1.807) is 6.20 Å². The Bertz CT molecular complexity index is 869. The molecule has 1 aromatic heterocycles. The molecule has 0 unspecified atom stereocenters. The van der Waals surface area contributed by atoms with Crippen LogP contribution in [-0.2, 0) is 0 Å². The maximum absolute atomic E-state index is 5.80. The Morgan fingerprint density at radius 2 is 1.79 bits per heavy atom. The molecule has 3 aromatic rings. The number of fused-ring (bicyclic) bond motifs is 1. The second-order valence-corrected chi connectivity index (χ2v) is 6.31. The van der Waals surface area contributed by atoms with E-state index < -0.39 is 0 Å². The summed E-state index contributed by atoms with van der Waals surface area (Å²) in [6.07, 6.45) is 1.78. The Hall–Kier alpha value is -2.66. The molecule has 1 aliphatic rings. The zero-order valence-corrected chi connectivity index (χ0v) is 13.8. The summed E-state index contributed by atoms with van der Waals surface area (Å²) in [6.45, 7) is 4.32. The third-order valence-corrected chi connectivity index (χ3v) is 4.66. The van der Waals surface area contributed by atoms with E-state index in [1.807, 2.05) is 12.1 Å². The molecule has 5 heteroatoms. The van der Waals surface area contributed by atoms with Gasteiger partial charge in [-0.25, -0.2) is 9.97 Å². The maximum atomic E-state index is 5.80. The molecule has 0 atom stereocenters. The normalized spacial score (nSPS) is 15.8. The van der Waals surface area contributed by atoms with Crippen molar-refractivity contribution >= 4 is 22.5 Å². The van der Waals surface area contributed by atoms with Gasteiger partial charge in [0, 0.05) is 49.0 Å². The predicted molar refractivity (Wildman–Crippen MR) is 99.1 cm³/mol. The zero-order chi connectivity index (χ0) is 16.5. The van der Waals surface area contributed by atoms with Gasteiger partial charge < -0.3 is 15.5 Å². The number of hydrogen-bond donors (Lipinski definition) is 1. The van der Waals surface area contributed by atoms with Crippen LogP contribution in [0.3, 0.4) is 0 Å². The monoisotopic (exact) mass is 319 g/mol. The molecule has 2 N–H and O–H groups in total. The molecular weight excluding hydrogens is 298 g/mol. The molecule has 0 bridgehead atoms. The molecule has 4 rings (SSSR count). The van der Waals surface area contributed by atoms with Gasteiger partial charge in [0.05, 0.1) is 5.52 Å². The summed E-state index contributed by atoms with van der Waals surface area (Å²) in [4.78, 5) is 13.4. The van der Waals surface area contributed by atoms with Crippen molar-refractivity contribution in [2.45, 2.75) is 0 Å². The number of nitrogens with two attached hydrogens (primary N) is 1. The van der Waals surface area contributed by atoms with Crippen LogP contribution in [0.5, 0.6) is 0 Å². The lowest BCUT2D eigenvalue weighted by Crippen LogP contribution is -2.44. The minimum atomic E-state index is 0.310. The van der Waals surface area contributed by atoms with Gasteiger partial charge >= 0.3 is 0 Å². The lowest BCUT2D eigenvalue weighted by atomic mass is 10.0. The summed E-state index contributed by atoms with van der Waals surface area (Å²) >= 11 is 0. The number of rotatable bonds is 2. The van der Waals surface area contributed by atoms with E-state index in [0.717, 1.165) is 48.2 Å². The van der Waals surface area contributed by atoms with E-state index in [-0.39, 0.29) is 0 Å². The molecule has 2 aromatic carbocycles. The zero-order valence-electron chi connectivity index (χ0n) is 13.8. The Morgan fingerprint density at radius 3 is 2.62 bits per heavy atom. The van der Waals surface area contributed by atoms with Gasteiger partial charge in [0.15, 0.2) is 0 Å². The number of aromatic nitrogens is 2. The number of nitrogens with zero attached hydrogens (tertiary/aromatic N) is 4. The second kappa shape index (κ2) is 6.09. The van der Waals surface area contributed by atoms with E-state index in [9.17, 15) is 0 Å². The summed E-state index contributed by atoms with van der Waals surface area (Å²) in [5.74, 6) is 0.310. The largest absolute Gasteiger partial charge is 0.369 e. The van der Waals surface area contributed by atoms with Crippen LogP contribution in [0, 0.1) is 0 Å². The molecule has 24 heavy (non-hydrogen) atoms. The van der Waals surface area contributed by atoms with Crippen molar-refractivity contribution in [3.63, 3.8) is 0 Å². The fourth-order valence-electron chi connectivity index (χ4n) is 3.24. The summed E-state index contributed by atoms with van der Waals surface area (Å²) in [5, 5.41) is 1.01. The average molecular weight is 319 g/mol. The van der Waals surface area contributed by atoms with Crippen molar-refractivity contribution in [1.82, 2.24) is 14.9 Å². The molecule has 1 saturated heterocycles. The van der Waals surface area contributed by atoms with Crippen LogP contribution < -0.4 is 10.6 Å². The highest BCUT2D eigenvalue weighted by Gasteiger charge is 2.15. The number of hydrogen-bond acceptors (Lipinski definition) is 5. The van der Waals surface area contributed by atoms with Crippen LogP contribution in [-0.4, -0.2) is 48.1 Å². The number of nitrogen functional groups attached to an aromatic ring is 1. The van der Waals surface area contributed by atoms with E-state index in [4.69, 9.17) is 5.73 Å².